The molecular formula is C14H17N3O. The number of carbonyl (C=O) groups is 1. The molecule has 1 unspecified atom stereocenters. The van der Waals surface area contributed by atoms with Crippen LogP contribution < -0.4 is 0 Å². The summed E-state index contributed by atoms with van der Waals surface area (Å²) >= 11 is 0. The van der Waals surface area contributed by atoms with Gasteiger partial charge in [-0.05, 0) is 18.6 Å². The second-order valence-electron chi connectivity index (χ2n) is 4.24. The summed E-state index contributed by atoms with van der Waals surface area (Å²) in [5, 5.41) is 12.7. The Labute approximate surface area is 107 Å². The van der Waals surface area contributed by atoms with Crippen molar-refractivity contribution in [2.24, 2.45) is 0 Å². The fourth-order valence-corrected chi connectivity index (χ4v) is 2.59. The van der Waals surface area contributed by atoms with Crippen molar-refractivity contribution in [2.75, 3.05) is 13.1 Å². The molecular weight excluding hydrogens is 226 g/mol. The van der Waals surface area contributed by atoms with Gasteiger partial charge in [0, 0.05) is 18.7 Å². The number of nitriles is 1. The molecule has 0 aliphatic carbocycles. The van der Waals surface area contributed by atoms with Crippen molar-refractivity contribution >= 4 is 5.91 Å². The molecule has 2 rings (SSSR count). The maximum Gasteiger partial charge on any atom is 0.268 e. The molecule has 0 aromatic heterocycles. The Morgan fingerprint density at radius 1 is 1.28 bits per heavy atom. The Balaban J connectivity index is 2.53. The van der Waals surface area contributed by atoms with Crippen LogP contribution in [0.5, 0.6) is 0 Å². The van der Waals surface area contributed by atoms with E-state index in [9.17, 15) is 4.79 Å². The Morgan fingerprint density at radius 3 is 2.61 bits per heavy atom. The van der Waals surface area contributed by atoms with Gasteiger partial charge in [0.2, 0.25) is 0 Å². The van der Waals surface area contributed by atoms with Crippen molar-refractivity contribution in [2.45, 2.75) is 26.3 Å². The number of nitrogens with zero attached hydrogens (tertiary/aromatic N) is 3. The van der Waals surface area contributed by atoms with Crippen LogP contribution in [-0.2, 0) is 0 Å². The van der Waals surface area contributed by atoms with Gasteiger partial charge < -0.3 is 0 Å². The number of amides is 1. The summed E-state index contributed by atoms with van der Waals surface area (Å²) < 4.78 is 0. The van der Waals surface area contributed by atoms with E-state index in [0.29, 0.717) is 13.0 Å². The zero-order valence-electron chi connectivity index (χ0n) is 10.8. The normalized spacial score (nSPS) is 19.5. The van der Waals surface area contributed by atoms with E-state index in [-0.39, 0.29) is 11.9 Å². The minimum atomic E-state index is -0.0196. The molecule has 0 bridgehead atoms. The lowest BCUT2D eigenvalue weighted by Crippen LogP contribution is -2.51. The van der Waals surface area contributed by atoms with Crippen molar-refractivity contribution in [3.05, 3.63) is 35.4 Å². The van der Waals surface area contributed by atoms with E-state index < -0.39 is 0 Å². The molecule has 0 radical (unpaired) electrons. The first-order chi connectivity index (χ1) is 8.74. The van der Waals surface area contributed by atoms with Gasteiger partial charge in [-0.3, -0.25) is 9.80 Å². The smallest absolute Gasteiger partial charge is 0.268 e. The molecule has 4 heteroatoms. The van der Waals surface area contributed by atoms with Crippen LogP contribution >= 0.6 is 0 Å². The molecule has 4 nitrogen and oxygen atoms in total. The summed E-state index contributed by atoms with van der Waals surface area (Å²) in [6.07, 6.45) is 0.397. The molecule has 1 atom stereocenters. The fourth-order valence-electron chi connectivity index (χ4n) is 2.59. The molecule has 1 heterocycles. The summed E-state index contributed by atoms with van der Waals surface area (Å²) in [7, 11) is 0. The van der Waals surface area contributed by atoms with Crippen LogP contribution in [0.25, 0.3) is 0 Å². The highest BCUT2D eigenvalue weighted by Crippen LogP contribution is 2.33. The Hall–Kier alpha value is -1.86. The summed E-state index contributed by atoms with van der Waals surface area (Å²) in [6, 6.07) is 9.79. The number of rotatable bonds is 3. The third-order valence-electron chi connectivity index (χ3n) is 3.36. The predicted molar refractivity (Wildman–Crippen MR) is 68.5 cm³/mol. The fraction of sp³-hybridized carbons (Fsp3) is 0.429. The molecule has 1 aliphatic rings. The van der Waals surface area contributed by atoms with E-state index in [1.165, 1.54) is 0 Å². The van der Waals surface area contributed by atoms with E-state index in [1.807, 2.05) is 43.1 Å². The number of benzene rings is 1. The third kappa shape index (κ3) is 1.87. The highest BCUT2D eigenvalue weighted by atomic mass is 16.2. The molecule has 94 valence electrons. The largest absolute Gasteiger partial charge is 0.271 e. The van der Waals surface area contributed by atoms with Crippen LogP contribution in [0.2, 0.25) is 0 Å². The lowest BCUT2D eigenvalue weighted by atomic mass is 9.94. The van der Waals surface area contributed by atoms with Gasteiger partial charge in [-0.15, -0.1) is 0 Å². The number of hydrogen-bond acceptors (Lipinski definition) is 3. The molecule has 1 aromatic rings. The highest BCUT2D eigenvalue weighted by molar-refractivity contribution is 5.96. The zero-order valence-corrected chi connectivity index (χ0v) is 10.8. The van der Waals surface area contributed by atoms with E-state index in [1.54, 1.807) is 5.01 Å². The number of carbonyl (C=O) groups excluding carboxylic acids is 1. The molecule has 0 saturated heterocycles. The van der Waals surface area contributed by atoms with Crippen LogP contribution in [0.4, 0.5) is 0 Å². The second kappa shape index (κ2) is 5.19. The first-order valence-electron chi connectivity index (χ1n) is 6.28. The monoisotopic (exact) mass is 243 g/mol. The molecule has 0 N–H and O–H groups in total. The van der Waals surface area contributed by atoms with Gasteiger partial charge in [-0.25, -0.2) is 5.01 Å². The summed E-state index contributed by atoms with van der Waals surface area (Å²) in [4.78, 5) is 12.4. The number of hydrogen-bond donors (Lipinski definition) is 0. The average molecular weight is 243 g/mol. The quantitative estimate of drug-likeness (QED) is 0.818. The number of fused-ring (bicyclic) bond motifs is 1. The van der Waals surface area contributed by atoms with Crippen LogP contribution in [-0.4, -0.2) is 29.0 Å². The Kier molecular flexibility index (Phi) is 3.63. The predicted octanol–water partition coefficient (Wildman–Crippen LogP) is 2.35. The van der Waals surface area contributed by atoms with Gasteiger partial charge in [0.25, 0.3) is 5.91 Å². The van der Waals surface area contributed by atoms with E-state index in [2.05, 4.69) is 6.07 Å². The topological polar surface area (TPSA) is 47.3 Å². The standard InChI is InChI=1S/C14H17N3O/c1-3-16-13(9-10-15)11-7-5-6-8-12(11)14(18)17(16)4-2/h5-8,13H,3-4,9H2,1-2H3. The summed E-state index contributed by atoms with van der Waals surface area (Å²) in [5.41, 5.74) is 1.69. The van der Waals surface area contributed by atoms with Gasteiger partial charge in [0.15, 0.2) is 0 Å². The molecule has 0 fully saturated rings. The zero-order chi connectivity index (χ0) is 13.1. The molecule has 0 spiro atoms. The lowest BCUT2D eigenvalue weighted by molar-refractivity contribution is -0.0405. The maximum absolute atomic E-state index is 12.4. The van der Waals surface area contributed by atoms with Crippen molar-refractivity contribution in [1.82, 2.24) is 10.0 Å². The van der Waals surface area contributed by atoms with Crippen LogP contribution in [0, 0.1) is 11.3 Å². The van der Waals surface area contributed by atoms with Crippen LogP contribution in [0.3, 0.4) is 0 Å². The van der Waals surface area contributed by atoms with Crippen LogP contribution in [0.15, 0.2) is 24.3 Å². The first kappa shape index (κ1) is 12.6. The Bertz CT molecular complexity index is 492. The van der Waals surface area contributed by atoms with Crippen molar-refractivity contribution in [1.29, 1.82) is 5.26 Å². The average Bonchev–Trinajstić information content (AvgIpc) is 2.41. The van der Waals surface area contributed by atoms with E-state index in [0.717, 1.165) is 17.7 Å². The van der Waals surface area contributed by atoms with E-state index >= 15 is 0 Å². The second-order valence-corrected chi connectivity index (χ2v) is 4.24. The van der Waals surface area contributed by atoms with Gasteiger partial charge in [0.05, 0.1) is 18.5 Å². The van der Waals surface area contributed by atoms with E-state index in [4.69, 9.17) is 5.26 Å². The van der Waals surface area contributed by atoms with Crippen molar-refractivity contribution in [3.63, 3.8) is 0 Å². The van der Waals surface area contributed by atoms with Crippen LogP contribution in [0.1, 0.15) is 42.2 Å². The summed E-state index contributed by atoms with van der Waals surface area (Å²) in [5.74, 6) is 0.0316. The van der Waals surface area contributed by atoms with Crippen molar-refractivity contribution < 1.29 is 4.79 Å². The number of hydrazine groups is 1. The molecule has 1 aromatic carbocycles. The minimum absolute atomic E-state index is 0.0196. The van der Waals surface area contributed by atoms with Gasteiger partial charge in [-0.2, -0.15) is 5.26 Å². The van der Waals surface area contributed by atoms with Gasteiger partial charge in [0.1, 0.15) is 0 Å². The first-order valence-corrected chi connectivity index (χ1v) is 6.28. The highest BCUT2D eigenvalue weighted by Gasteiger charge is 2.35. The molecule has 1 amide bonds. The Morgan fingerprint density at radius 2 is 2.00 bits per heavy atom. The molecule has 18 heavy (non-hydrogen) atoms. The summed E-state index contributed by atoms with van der Waals surface area (Å²) in [6.45, 7) is 5.31. The maximum atomic E-state index is 12.4. The van der Waals surface area contributed by atoms with Crippen molar-refractivity contribution in [3.8, 4) is 6.07 Å². The lowest BCUT2D eigenvalue weighted by Gasteiger charge is -2.43. The minimum Gasteiger partial charge on any atom is -0.271 e. The SMILES string of the molecule is CCN1C(=O)c2ccccc2C(CC#N)N1CC. The third-order valence-corrected chi connectivity index (χ3v) is 3.36. The van der Waals surface area contributed by atoms with Gasteiger partial charge in [-0.1, -0.05) is 25.1 Å². The molecule has 0 saturated carbocycles. The molecule has 1 aliphatic heterocycles. The van der Waals surface area contributed by atoms with Gasteiger partial charge >= 0.3 is 0 Å².